The van der Waals surface area contributed by atoms with Crippen LogP contribution in [0.2, 0.25) is 0 Å². The molecule has 2 aromatic carbocycles. The Kier molecular flexibility index (Phi) is 8.14. The minimum Gasteiger partial charge on any atom is -0.493 e. The van der Waals surface area contributed by atoms with Crippen LogP contribution in [0.3, 0.4) is 0 Å². The maximum Gasteiger partial charge on any atom is 0.163 e. The first-order valence-electron chi connectivity index (χ1n) is 11.3. The van der Waals surface area contributed by atoms with E-state index in [0.29, 0.717) is 49.1 Å². The van der Waals surface area contributed by atoms with Crippen LogP contribution in [0.25, 0.3) is 0 Å². The molecule has 0 spiro atoms. The van der Waals surface area contributed by atoms with Crippen molar-refractivity contribution in [3.8, 4) is 23.0 Å². The standard InChI is InChI=1S/2C13H16O3/c2*1-3-5-15-13-7-10-4-6-16-12(10)8-11(13)9(2)14/h2*7-8H,3-6H2,1-2H3. The number of ketones is 2. The third-order valence-corrected chi connectivity index (χ3v) is 5.27. The molecule has 0 aromatic heterocycles. The molecule has 2 aromatic rings. The average molecular weight is 441 g/mol. The summed E-state index contributed by atoms with van der Waals surface area (Å²) in [5.41, 5.74) is 3.51. The quantitative estimate of drug-likeness (QED) is 0.524. The van der Waals surface area contributed by atoms with Gasteiger partial charge in [0.25, 0.3) is 0 Å². The van der Waals surface area contributed by atoms with E-state index >= 15 is 0 Å². The second-order valence-corrected chi connectivity index (χ2v) is 7.92. The maximum atomic E-state index is 11.5. The molecule has 0 radical (unpaired) electrons. The van der Waals surface area contributed by atoms with Crippen LogP contribution in [0, 0.1) is 0 Å². The molecule has 172 valence electrons. The van der Waals surface area contributed by atoms with Gasteiger partial charge in [-0.2, -0.15) is 0 Å². The van der Waals surface area contributed by atoms with Gasteiger partial charge in [-0.05, 0) is 51.0 Å². The molecular formula is C26H32O6. The number of Topliss-reactive ketones (excluding diaryl/α,β-unsaturated/α-hetero) is 2. The van der Waals surface area contributed by atoms with Gasteiger partial charge in [0.15, 0.2) is 11.6 Å². The molecule has 6 nitrogen and oxygen atoms in total. The van der Waals surface area contributed by atoms with Crippen molar-refractivity contribution in [1.82, 2.24) is 0 Å². The Morgan fingerprint density at radius 2 is 1.16 bits per heavy atom. The number of carbonyl (C=O) groups is 2. The highest BCUT2D eigenvalue weighted by Gasteiger charge is 2.19. The topological polar surface area (TPSA) is 71.1 Å². The molecule has 0 unspecified atom stereocenters. The molecule has 6 heteroatoms. The molecule has 0 bridgehead atoms. The van der Waals surface area contributed by atoms with Crippen molar-refractivity contribution in [1.29, 1.82) is 0 Å². The molecule has 0 saturated heterocycles. The van der Waals surface area contributed by atoms with Gasteiger partial charge in [0.05, 0.1) is 37.6 Å². The van der Waals surface area contributed by atoms with E-state index in [1.165, 1.54) is 0 Å². The van der Waals surface area contributed by atoms with E-state index in [1.807, 2.05) is 26.0 Å². The fourth-order valence-electron chi connectivity index (χ4n) is 3.62. The van der Waals surface area contributed by atoms with E-state index in [1.54, 1.807) is 26.0 Å². The molecule has 2 aliphatic heterocycles. The SMILES string of the molecule is CCCOc1cc2c(cc1C(C)=O)OCC2.CCCOc1cc2c(cc1C(C)=O)OCC2. The number of hydrogen-bond acceptors (Lipinski definition) is 6. The predicted molar refractivity (Wildman–Crippen MR) is 123 cm³/mol. The molecule has 32 heavy (non-hydrogen) atoms. The van der Waals surface area contributed by atoms with Crippen LogP contribution in [0.5, 0.6) is 23.0 Å². The van der Waals surface area contributed by atoms with Gasteiger partial charge in [-0.1, -0.05) is 13.8 Å². The highest BCUT2D eigenvalue weighted by Crippen LogP contribution is 2.34. The fraction of sp³-hybridized carbons (Fsp3) is 0.462. The number of benzene rings is 2. The summed E-state index contributed by atoms with van der Waals surface area (Å²) >= 11 is 0. The summed E-state index contributed by atoms with van der Waals surface area (Å²) in [6.45, 7) is 9.87. The van der Waals surface area contributed by atoms with Crippen LogP contribution >= 0.6 is 0 Å². The Hall–Kier alpha value is -3.02. The Labute approximate surface area is 189 Å². The van der Waals surface area contributed by atoms with E-state index in [-0.39, 0.29) is 11.6 Å². The lowest BCUT2D eigenvalue weighted by molar-refractivity contribution is 0.100. The lowest BCUT2D eigenvalue weighted by Gasteiger charge is -2.10. The number of rotatable bonds is 8. The van der Waals surface area contributed by atoms with Crippen molar-refractivity contribution in [2.45, 2.75) is 53.4 Å². The molecule has 0 fully saturated rings. The molecule has 4 rings (SSSR count). The Bertz CT molecular complexity index is 899. The van der Waals surface area contributed by atoms with E-state index < -0.39 is 0 Å². The van der Waals surface area contributed by atoms with Crippen molar-refractivity contribution in [3.63, 3.8) is 0 Å². The van der Waals surface area contributed by atoms with E-state index in [2.05, 4.69) is 0 Å². The third-order valence-electron chi connectivity index (χ3n) is 5.27. The summed E-state index contributed by atoms with van der Waals surface area (Å²) < 4.78 is 22.1. The van der Waals surface area contributed by atoms with Gasteiger partial charge in [-0.25, -0.2) is 0 Å². The van der Waals surface area contributed by atoms with Crippen molar-refractivity contribution in [2.75, 3.05) is 26.4 Å². The van der Waals surface area contributed by atoms with Gasteiger partial charge in [0, 0.05) is 24.0 Å². The normalized spacial score (nSPS) is 13.1. The first-order valence-corrected chi connectivity index (χ1v) is 11.3. The highest BCUT2D eigenvalue weighted by atomic mass is 16.5. The van der Waals surface area contributed by atoms with Crippen LogP contribution in [0.4, 0.5) is 0 Å². The summed E-state index contributed by atoms with van der Waals surface area (Å²) in [5.74, 6) is 3.08. The summed E-state index contributed by atoms with van der Waals surface area (Å²) in [6, 6.07) is 7.48. The Morgan fingerprint density at radius 3 is 1.50 bits per heavy atom. The number of fused-ring (bicyclic) bond motifs is 2. The largest absolute Gasteiger partial charge is 0.493 e. The van der Waals surface area contributed by atoms with E-state index in [4.69, 9.17) is 18.9 Å². The minimum atomic E-state index is 0.0180. The molecule has 0 amide bonds. The predicted octanol–water partition coefficient (Wildman–Crippen LogP) is 5.23. The monoisotopic (exact) mass is 440 g/mol. The van der Waals surface area contributed by atoms with Crippen molar-refractivity contribution in [3.05, 3.63) is 46.5 Å². The van der Waals surface area contributed by atoms with Crippen LogP contribution in [0.1, 0.15) is 72.4 Å². The fourth-order valence-corrected chi connectivity index (χ4v) is 3.62. The summed E-state index contributed by atoms with van der Waals surface area (Å²) in [7, 11) is 0. The van der Waals surface area contributed by atoms with Gasteiger partial charge >= 0.3 is 0 Å². The second kappa shape index (κ2) is 11.0. The molecule has 0 atom stereocenters. The summed E-state index contributed by atoms with van der Waals surface area (Å²) in [6.07, 6.45) is 3.67. The van der Waals surface area contributed by atoms with Crippen LogP contribution in [0.15, 0.2) is 24.3 Å². The van der Waals surface area contributed by atoms with Gasteiger partial charge < -0.3 is 18.9 Å². The molecule has 2 aliphatic rings. The van der Waals surface area contributed by atoms with Crippen LogP contribution < -0.4 is 18.9 Å². The zero-order chi connectivity index (χ0) is 23.1. The van der Waals surface area contributed by atoms with Crippen molar-refractivity contribution >= 4 is 11.6 Å². The van der Waals surface area contributed by atoms with Gasteiger partial charge in [0.2, 0.25) is 0 Å². The Morgan fingerprint density at radius 1 is 0.750 bits per heavy atom. The number of hydrogen-bond donors (Lipinski definition) is 0. The lowest BCUT2D eigenvalue weighted by Crippen LogP contribution is -2.02. The third kappa shape index (κ3) is 5.61. The Balaban J connectivity index is 0.000000181. The summed E-state index contributed by atoms with van der Waals surface area (Å²) in [4.78, 5) is 23.0. The first kappa shape index (κ1) is 23.6. The van der Waals surface area contributed by atoms with Gasteiger partial charge in [-0.15, -0.1) is 0 Å². The van der Waals surface area contributed by atoms with Crippen LogP contribution in [-0.4, -0.2) is 38.0 Å². The highest BCUT2D eigenvalue weighted by molar-refractivity contribution is 5.98. The van der Waals surface area contributed by atoms with Crippen molar-refractivity contribution in [2.24, 2.45) is 0 Å². The first-order chi connectivity index (χ1) is 15.4. The molecule has 0 N–H and O–H groups in total. The molecular weight excluding hydrogens is 408 g/mol. The minimum absolute atomic E-state index is 0.0180. The maximum absolute atomic E-state index is 11.5. The smallest absolute Gasteiger partial charge is 0.163 e. The zero-order valence-electron chi connectivity index (χ0n) is 19.4. The van der Waals surface area contributed by atoms with Gasteiger partial charge in [-0.3, -0.25) is 9.59 Å². The van der Waals surface area contributed by atoms with Crippen molar-refractivity contribution < 1.29 is 28.5 Å². The molecule has 0 aliphatic carbocycles. The summed E-state index contributed by atoms with van der Waals surface area (Å²) in [5, 5.41) is 0. The number of carbonyl (C=O) groups excluding carboxylic acids is 2. The van der Waals surface area contributed by atoms with Gasteiger partial charge in [0.1, 0.15) is 23.0 Å². The zero-order valence-corrected chi connectivity index (χ0v) is 19.4. The lowest BCUT2D eigenvalue weighted by atomic mass is 10.1. The average Bonchev–Trinajstić information content (AvgIpc) is 3.43. The number of ether oxygens (including phenoxy) is 4. The van der Waals surface area contributed by atoms with Crippen LogP contribution in [-0.2, 0) is 12.8 Å². The molecule has 0 saturated carbocycles. The van der Waals surface area contributed by atoms with E-state index in [9.17, 15) is 9.59 Å². The second-order valence-electron chi connectivity index (χ2n) is 7.92. The van der Waals surface area contributed by atoms with E-state index in [0.717, 1.165) is 48.3 Å². The molecule has 2 heterocycles.